The van der Waals surface area contributed by atoms with E-state index in [1.165, 1.54) is 12.1 Å². The molecule has 0 radical (unpaired) electrons. The number of hydrogen-bond donors (Lipinski definition) is 1. The molecule has 0 bridgehead atoms. The summed E-state index contributed by atoms with van der Waals surface area (Å²) in [6.07, 6.45) is 1.96. The molecule has 1 aromatic carbocycles. The second-order valence-corrected chi connectivity index (χ2v) is 7.57. The van der Waals surface area contributed by atoms with E-state index >= 15 is 0 Å². The summed E-state index contributed by atoms with van der Waals surface area (Å²) in [5.41, 5.74) is 0. The third-order valence-electron chi connectivity index (χ3n) is 4.32. The Hall–Kier alpha value is -1.51. The zero-order valence-corrected chi connectivity index (χ0v) is 13.4. The first-order valence-electron chi connectivity index (χ1n) is 7.64. The summed E-state index contributed by atoms with van der Waals surface area (Å²) in [6, 6.07) is 4.39. The molecule has 23 heavy (non-hydrogen) atoms. The molecule has 2 heterocycles. The minimum absolute atomic E-state index is 0.0562. The second kappa shape index (κ2) is 6.54. The van der Waals surface area contributed by atoms with Gasteiger partial charge in [-0.3, -0.25) is 9.69 Å². The van der Waals surface area contributed by atoms with Crippen LogP contribution in [0, 0.1) is 5.82 Å². The van der Waals surface area contributed by atoms with Crippen LogP contribution in [0.15, 0.2) is 29.2 Å². The van der Waals surface area contributed by atoms with Crippen LogP contribution in [0.2, 0.25) is 0 Å². The van der Waals surface area contributed by atoms with Crippen molar-refractivity contribution >= 4 is 16.0 Å². The fourth-order valence-electron chi connectivity index (χ4n) is 3.05. The van der Waals surface area contributed by atoms with Gasteiger partial charge in [0.05, 0.1) is 11.5 Å². The van der Waals surface area contributed by atoms with E-state index in [0.717, 1.165) is 12.1 Å². The van der Waals surface area contributed by atoms with Crippen molar-refractivity contribution in [3.8, 4) is 0 Å². The molecule has 126 valence electrons. The zero-order valence-electron chi connectivity index (χ0n) is 12.6. The lowest BCUT2D eigenvalue weighted by Gasteiger charge is -2.34. The molecular formula is C15H19FN2O4S. The van der Waals surface area contributed by atoms with Gasteiger partial charge in [-0.1, -0.05) is 0 Å². The van der Waals surface area contributed by atoms with Gasteiger partial charge in [-0.15, -0.1) is 0 Å². The molecule has 1 unspecified atom stereocenters. The number of nitrogens with zero attached hydrogens (tertiary/aromatic N) is 1. The van der Waals surface area contributed by atoms with Crippen molar-refractivity contribution in [3.05, 3.63) is 30.1 Å². The summed E-state index contributed by atoms with van der Waals surface area (Å²) in [4.78, 5) is 13.7. The van der Waals surface area contributed by atoms with Crippen molar-refractivity contribution in [2.75, 3.05) is 19.7 Å². The summed E-state index contributed by atoms with van der Waals surface area (Å²) >= 11 is 0. The maximum atomic E-state index is 12.9. The normalized spacial score (nSPS) is 23.9. The van der Waals surface area contributed by atoms with Crippen molar-refractivity contribution in [3.63, 3.8) is 0 Å². The van der Waals surface area contributed by atoms with Gasteiger partial charge in [-0.05, 0) is 37.1 Å². The average Bonchev–Trinajstić information content (AvgIpc) is 2.94. The van der Waals surface area contributed by atoms with E-state index in [4.69, 9.17) is 4.74 Å². The predicted octanol–water partition coefficient (Wildman–Crippen LogP) is 0.884. The molecule has 0 aromatic heterocycles. The number of halogens is 1. The molecular weight excluding hydrogens is 323 g/mol. The van der Waals surface area contributed by atoms with E-state index in [-0.39, 0.29) is 22.9 Å². The first-order valence-corrected chi connectivity index (χ1v) is 9.12. The molecule has 2 fully saturated rings. The number of nitrogens with one attached hydrogen (secondary N) is 1. The van der Waals surface area contributed by atoms with Crippen LogP contribution in [0.25, 0.3) is 0 Å². The lowest BCUT2D eigenvalue weighted by molar-refractivity contribution is -0.142. The average molecular weight is 342 g/mol. The van der Waals surface area contributed by atoms with Gasteiger partial charge in [0.15, 0.2) is 0 Å². The number of piperidine rings is 1. The fraction of sp³-hybridized carbons (Fsp3) is 0.533. The van der Waals surface area contributed by atoms with Gasteiger partial charge in [-0.2, -0.15) is 0 Å². The quantitative estimate of drug-likeness (QED) is 0.822. The summed E-state index contributed by atoms with van der Waals surface area (Å²) < 4.78 is 45.1. The topological polar surface area (TPSA) is 75.7 Å². The first-order chi connectivity index (χ1) is 11.0. The predicted molar refractivity (Wildman–Crippen MR) is 80.7 cm³/mol. The lowest BCUT2D eigenvalue weighted by atomic mass is 10.0. The Bertz CT molecular complexity index is 669. The standard InChI is InChI=1S/C15H19FN2O4S/c16-11-1-3-13(4-2-11)23(20,21)17-12-5-8-18(9-6-12)14-7-10-22-15(14)19/h1-4,12,14,17H,5-10H2. The third kappa shape index (κ3) is 3.70. The van der Waals surface area contributed by atoms with E-state index < -0.39 is 15.8 Å². The molecule has 1 N–H and O–H groups in total. The van der Waals surface area contributed by atoms with Crippen LogP contribution in [0.3, 0.4) is 0 Å². The first kappa shape index (κ1) is 16.4. The number of rotatable bonds is 4. The highest BCUT2D eigenvalue weighted by Gasteiger charge is 2.35. The minimum Gasteiger partial charge on any atom is -0.464 e. The highest BCUT2D eigenvalue weighted by atomic mass is 32.2. The summed E-state index contributed by atoms with van der Waals surface area (Å²) in [6.45, 7) is 1.76. The van der Waals surface area contributed by atoms with Crippen molar-refractivity contribution < 1.29 is 22.3 Å². The third-order valence-corrected chi connectivity index (χ3v) is 5.86. The summed E-state index contributed by atoms with van der Waals surface area (Å²) in [5, 5.41) is 0. The largest absolute Gasteiger partial charge is 0.464 e. The van der Waals surface area contributed by atoms with Crippen LogP contribution in [-0.4, -0.2) is 51.1 Å². The van der Waals surface area contributed by atoms with E-state index in [2.05, 4.69) is 9.62 Å². The summed E-state index contributed by atoms with van der Waals surface area (Å²) in [5.74, 6) is -0.656. The number of likely N-dealkylation sites (tertiary alicyclic amines) is 1. The van der Waals surface area contributed by atoms with Crippen molar-refractivity contribution in [1.82, 2.24) is 9.62 Å². The molecule has 2 aliphatic rings. The number of cyclic esters (lactones) is 1. The number of ether oxygens (including phenoxy) is 1. The lowest BCUT2D eigenvalue weighted by Crippen LogP contribution is -2.49. The van der Waals surface area contributed by atoms with Crippen LogP contribution in [-0.2, 0) is 19.6 Å². The number of benzene rings is 1. The molecule has 1 aromatic rings. The molecule has 6 nitrogen and oxygen atoms in total. The van der Waals surface area contributed by atoms with Crippen molar-refractivity contribution in [2.45, 2.75) is 36.2 Å². The molecule has 0 saturated carbocycles. The molecule has 2 aliphatic heterocycles. The van der Waals surface area contributed by atoms with Crippen LogP contribution in [0.1, 0.15) is 19.3 Å². The minimum atomic E-state index is -3.65. The van der Waals surface area contributed by atoms with Crippen LogP contribution in [0.5, 0.6) is 0 Å². The number of esters is 1. The van der Waals surface area contributed by atoms with Crippen LogP contribution in [0.4, 0.5) is 4.39 Å². The molecule has 3 rings (SSSR count). The maximum absolute atomic E-state index is 12.9. The van der Waals surface area contributed by atoms with Gasteiger partial charge in [0.1, 0.15) is 11.9 Å². The smallest absolute Gasteiger partial charge is 0.323 e. The van der Waals surface area contributed by atoms with Gasteiger partial charge in [0.2, 0.25) is 10.0 Å². The van der Waals surface area contributed by atoms with E-state index in [1.54, 1.807) is 0 Å². The highest BCUT2D eigenvalue weighted by molar-refractivity contribution is 7.89. The van der Waals surface area contributed by atoms with Gasteiger partial charge < -0.3 is 4.74 Å². The molecule has 1 atom stereocenters. The number of sulfonamides is 1. The highest BCUT2D eigenvalue weighted by Crippen LogP contribution is 2.21. The Kier molecular flexibility index (Phi) is 4.65. The van der Waals surface area contributed by atoms with Crippen LogP contribution < -0.4 is 4.72 Å². The molecule has 0 aliphatic carbocycles. The Morgan fingerprint density at radius 3 is 2.35 bits per heavy atom. The van der Waals surface area contributed by atoms with Gasteiger partial charge in [0.25, 0.3) is 0 Å². The molecule has 2 saturated heterocycles. The van der Waals surface area contributed by atoms with Crippen molar-refractivity contribution in [1.29, 1.82) is 0 Å². The molecule has 0 spiro atoms. The van der Waals surface area contributed by atoms with Gasteiger partial charge in [-0.25, -0.2) is 17.5 Å². The summed E-state index contributed by atoms with van der Waals surface area (Å²) in [7, 11) is -3.65. The van der Waals surface area contributed by atoms with Gasteiger partial charge >= 0.3 is 5.97 Å². The number of carbonyl (C=O) groups is 1. The Morgan fingerprint density at radius 2 is 1.78 bits per heavy atom. The van der Waals surface area contributed by atoms with E-state index in [0.29, 0.717) is 39.0 Å². The fourth-order valence-corrected chi connectivity index (χ4v) is 4.35. The molecule has 8 heteroatoms. The Labute approximate surface area is 134 Å². The maximum Gasteiger partial charge on any atom is 0.323 e. The second-order valence-electron chi connectivity index (χ2n) is 5.86. The number of carbonyl (C=O) groups excluding carboxylic acids is 1. The monoisotopic (exact) mass is 342 g/mol. The number of hydrogen-bond acceptors (Lipinski definition) is 5. The SMILES string of the molecule is O=C1OCCC1N1CCC(NS(=O)(=O)c2ccc(F)cc2)CC1. The van der Waals surface area contributed by atoms with E-state index in [9.17, 15) is 17.6 Å². The molecule has 0 amide bonds. The van der Waals surface area contributed by atoms with E-state index in [1.807, 2.05) is 0 Å². The Morgan fingerprint density at radius 1 is 1.13 bits per heavy atom. The van der Waals surface area contributed by atoms with Crippen molar-refractivity contribution in [2.24, 2.45) is 0 Å². The Balaban J connectivity index is 1.58. The van der Waals surface area contributed by atoms with Crippen LogP contribution >= 0.6 is 0 Å². The van der Waals surface area contributed by atoms with Gasteiger partial charge in [0, 0.05) is 25.6 Å². The zero-order chi connectivity index (χ0) is 16.4.